The minimum atomic E-state index is 0.662. The van der Waals surface area contributed by atoms with Gasteiger partial charge in [-0.1, -0.05) is 6.42 Å². The maximum atomic E-state index is 5.68. The van der Waals surface area contributed by atoms with Gasteiger partial charge >= 0.3 is 0 Å². The molecular weight excluding hydrogens is 160 g/mol. The second-order valence-electron chi connectivity index (χ2n) is 5.37. The molecule has 4 atom stereocenters. The van der Waals surface area contributed by atoms with Crippen LogP contribution in [0.1, 0.15) is 38.5 Å². The topological polar surface area (TPSA) is 38.0 Å². The molecule has 3 N–H and O–H groups in total. The van der Waals surface area contributed by atoms with Crippen molar-refractivity contribution in [1.29, 1.82) is 0 Å². The van der Waals surface area contributed by atoms with Crippen LogP contribution < -0.4 is 11.3 Å². The lowest BCUT2D eigenvalue weighted by Gasteiger charge is -2.30. The van der Waals surface area contributed by atoms with Crippen molar-refractivity contribution < 1.29 is 0 Å². The standard InChI is InChI=1S/C11H20N2/c12-13-11(8-3-4-8)10-6-7-1-2-9(10)5-7/h7-11,13H,1-6,12H2. The van der Waals surface area contributed by atoms with E-state index >= 15 is 0 Å². The van der Waals surface area contributed by atoms with Crippen LogP contribution in [-0.4, -0.2) is 6.04 Å². The predicted molar refractivity (Wildman–Crippen MR) is 52.8 cm³/mol. The Bertz CT molecular complexity index is 200. The average molecular weight is 180 g/mol. The molecule has 74 valence electrons. The second kappa shape index (κ2) is 2.96. The predicted octanol–water partition coefficient (Wildman–Crippen LogP) is 1.66. The number of hydrazine groups is 1. The molecule has 3 aliphatic rings. The zero-order valence-electron chi connectivity index (χ0n) is 8.21. The number of nitrogens with two attached hydrogens (primary N) is 1. The van der Waals surface area contributed by atoms with Crippen molar-refractivity contribution in [1.82, 2.24) is 5.43 Å². The van der Waals surface area contributed by atoms with Crippen molar-refractivity contribution in [3.63, 3.8) is 0 Å². The summed E-state index contributed by atoms with van der Waals surface area (Å²) in [5, 5.41) is 0. The quantitative estimate of drug-likeness (QED) is 0.512. The number of hydrogen-bond acceptors (Lipinski definition) is 2. The van der Waals surface area contributed by atoms with Crippen LogP contribution in [0.25, 0.3) is 0 Å². The fourth-order valence-electron chi connectivity index (χ4n) is 3.80. The maximum absolute atomic E-state index is 5.68. The van der Waals surface area contributed by atoms with Crippen LogP contribution in [0, 0.1) is 23.7 Å². The Labute approximate surface area is 80.2 Å². The lowest BCUT2D eigenvalue weighted by molar-refractivity contribution is 0.230. The lowest BCUT2D eigenvalue weighted by Crippen LogP contribution is -2.44. The number of hydrogen-bond donors (Lipinski definition) is 2. The molecule has 2 bridgehead atoms. The van der Waals surface area contributed by atoms with Gasteiger partial charge in [0.1, 0.15) is 0 Å². The summed E-state index contributed by atoms with van der Waals surface area (Å²) in [5.74, 6) is 9.61. The molecule has 2 heteroatoms. The van der Waals surface area contributed by atoms with Crippen molar-refractivity contribution in [2.75, 3.05) is 0 Å². The fraction of sp³-hybridized carbons (Fsp3) is 1.00. The third kappa shape index (κ3) is 1.31. The Hall–Kier alpha value is -0.0800. The molecule has 3 saturated carbocycles. The third-order valence-corrected chi connectivity index (χ3v) is 4.58. The molecule has 3 fully saturated rings. The van der Waals surface area contributed by atoms with Crippen molar-refractivity contribution in [3.05, 3.63) is 0 Å². The van der Waals surface area contributed by atoms with Crippen LogP contribution in [0.3, 0.4) is 0 Å². The monoisotopic (exact) mass is 180 g/mol. The molecule has 2 nitrogen and oxygen atoms in total. The zero-order chi connectivity index (χ0) is 8.84. The highest BCUT2D eigenvalue weighted by atomic mass is 15.2. The first-order valence-corrected chi connectivity index (χ1v) is 5.84. The molecule has 4 unspecified atom stereocenters. The maximum Gasteiger partial charge on any atom is 0.0269 e. The van der Waals surface area contributed by atoms with Gasteiger partial charge < -0.3 is 0 Å². The highest BCUT2D eigenvalue weighted by Gasteiger charge is 2.46. The van der Waals surface area contributed by atoms with Gasteiger partial charge in [-0.05, 0) is 55.8 Å². The molecule has 13 heavy (non-hydrogen) atoms. The van der Waals surface area contributed by atoms with Crippen LogP contribution >= 0.6 is 0 Å². The van der Waals surface area contributed by atoms with E-state index in [9.17, 15) is 0 Å². The van der Waals surface area contributed by atoms with Gasteiger partial charge in [0.2, 0.25) is 0 Å². The van der Waals surface area contributed by atoms with Crippen LogP contribution in [-0.2, 0) is 0 Å². The zero-order valence-corrected chi connectivity index (χ0v) is 8.21. The summed E-state index contributed by atoms with van der Waals surface area (Å²) in [7, 11) is 0. The van der Waals surface area contributed by atoms with E-state index in [1.807, 2.05) is 0 Å². The molecule has 0 aromatic rings. The first-order chi connectivity index (χ1) is 6.38. The van der Waals surface area contributed by atoms with E-state index in [1.54, 1.807) is 0 Å². The summed E-state index contributed by atoms with van der Waals surface area (Å²) in [6.45, 7) is 0. The highest BCUT2D eigenvalue weighted by molar-refractivity contribution is 4.99. The van der Waals surface area contributed by atoms with Crippen molar-refractivity contribution in [2.24, 2.45) is 29.5 Å². The van der Waals surface area contributed by atoms with Gasteiger partial charge in [0, 0.05) is 6.04 Å². The Morgan fingerprint density at radius 1 is 1.08 bits per heavy atom. The molecule has 0 amide bonds. The normalized spacial score (nSPS) is 45.5. The number of rotatable bonds is 3. The SMILES string of the molecule is NNC(C1CC1)C1CC2CCC1C2. The number of nitrogens with one attached hydrogen (secondary N) is 1. The van der Waals surface area contributed by atoms with Crippen molar-refractivity contribution >= 4 is 0 Å². The Morgan fingerprint density at radius 3 is 2.38 bits per heavy atom. The summed E-state index contributed by atoms with van der Waals surface area (Å²) in [6.07, 6.45) is 8.81. The van der Waals surface area contributed by atoms with Gasteiger partial charge in [-0.3, -0.25) is 11.3 Å². The smallest absolute Gasteiger partial charge is 0.0269 e. The van der Waals surface area contributed by atoms with Crippen LogP contribution in [0.2, 0.25) is 0 Å². The first-order valence-electron chi connectivity index (χ1n) is 5.84. The lowest BCUT2D eigenvalue weighted by atomic mass is 9.81. The van der Waals surface area contributed by atoms with E-state index in [0.29, 0.717) is 6.04 Å². The average Bonchev–Trinajstić information content (AvgIpc) is 2.77. The Balaban J connectivity index is 1.69. The van der Waals surface area contributed by atoms with Gasteiger partial charge in [-0.25, -0.2) is 0 Å². The van der Waals surface area contributed by atoms with Gasteiger partial charge in [0.05, 0.1) is 0 Å². The summed E-state index contributed by atoms with van der Waals surface area (Å²) < 4.78 is 0. The Kier molecular flexibility index (Phi) is 1.88. The van der Waals surface area contributed by atoms with Gasteiger partial charge in [-0.15, -0.1) is 0 Å². The van der Waals surface area contributed by atoms with Gasteiger partial charge in [0.15, 0.2) is 0 Å². The van der Waals surface area contributed by atoms with E-state index in [4.69, 9.17) is 5.84 Å². The first kappa shape index (κ1) is 8.25. The van der Waals surface area contributed by atoms with Crippen molar-refractivity contribution in [3.8, 4) is 0 Å². The van der Waals surface area contributed by atoms with Crippen molar-refractivity contribution in [2.45, 2.75) is 44.6 Å². The van der Waals surface area contributed by atoms with Gasteiger partial charge in [0.25, 0.3) is 0 Å². The van der Waals surface area contributed by atoms with Crippen LogP contribution in [0.5, 0.6) is 0 Å². The summed E-state index contributed by atoms with van der Waals surface area (Å²) in [4.78, 5) is 0. The molecular formula is C11H20N2. The Morgan fingerprint density at radius 2 is 1.92 bits per heavy atom. The molecule has 0 saturated heterocycles. The van der Waals surface area contributed by atoms with Crippen LogP contribution in [0.4, 0.5) is 0 Å². The summed E-state index contributed by atoms with van der Waals surface area (Å²) in [5.41, 5.74) is 3.09. The second-order valence-corrected chi connectivity index (χ2v) is 5.37. The van der Waals surface area contributed by atoms with E-state index in [2.05, 4.69) is 5.43 Å². The molecule has 0 radical (unpaired) electrons. The molecule has 0 aromatic heterocycles. The number of fused-ring (bicyclic) bond motifs is 2. The summed E-state index contributed by atoms with van der Waals surface area (Å²) in [6, 6.07) is 0.662. The minimum Gasteiger partial charge on any atom is -0.271 e. The molecule has 0 aliphatic heterocycles. The third-order valence-electron chi connectivity index (χ3n) is 4.58. The van der Waals surface area contributed by atoms with Crippen LogP contribution in [0.15, 0.2) is 0 Å². The minimum absolute atomic E-state index is 0.662. The summed E-state index contributed by atoms with van der Waals surface area (Å²) >= 11 is 0. The van der Waals surface area contributed by atoms with E-state index in [1.165, 1.54) is 38.5 Å². The molecule has 0 heterocycles. The fourth-order valence-corrected chi connectivity index (χ4v) is 3.80. The molecule has 3 aliphatic carbocycles. The molecule has 0 spiro atoms. The molecule has 0 aromatic carbocycles. The highest BCUT2D eigenvalue weighted by Crippen LogP contribution is 2.52. The van der Waals surface area contributed by atoms with E-state index < -0.39 is 0 Å². The van der Waals surface area contributed by atoms with Gasteiger partial charge in [-0.2, -0.15) is 0 Å². The van der Waals surface area contributed by atoms with E-state index in [0.717, 1.165) is 23.7 Å². The largest absolute Gasteiger partial charge is 0.271 e. The van der Waals surface area contributed by atoms with E-state index in [-0.39, 0.29) is 0 Å². The molecule has 3 rings (SSSR count).